The molecule has 4 aromatic rings. The van der Waals surface area contributed by atoms with Gasteiger partial charge in [-0.25, -0.2) is 29.9 Å². The number of hydrogen-bond donors (Lipinski definition) is 0. The van der Waals surface area contributed by atoms with Gasteiger partial charge >= 0.3 is 0 Å². The second kappa shape index (κ2) is 11.0. The van der Waals surface area contributed by atoms with Crippen molar-refractivity contribution in [2.75, 3.05) is 0 Å². The van der Waals surface area contributed by atoms with Gasteiger partial charge in [0.1, 0.15) is 0 Å². The fourth-order valence-electron chi connectivity index (χ4n) is 6.12. The molecule has 204 valence electrons. The fraction of sp³-hybridized carbons (Fsp3) is 0. The van der Waals surface area contributed by atoms with Crippen molar-refractivity contribution in [2.24, 2.45) is 0 Å². The van der Waals surface area contributed by atoms with E-state index in [0.717, 1.165) is 0 Å². The van der Waals surface area contributed by atoms with E-state index < -0.39 is 0 Å². The molecule has 0 saturated carbocycles. The molecule has 0 saturated heterocycles. The minimum atomic E-state index is -0.202. The molecule has 0 N–H and O–H groups in total. The molecule has 0 atom stereocenters. The molecule has 0 fully saturated rings. The van der Waals surface area contributed by atoms with Gasteiger partial charge in [0, 0.05) is 22.3 Å². The molecule has 0 amide bonds. The maximum absolute atomic E-state index is 10.2. The average Bonchev–Trinajstić information content (AvgIpc) is 3.62. The zero-order chi connectivity index (χ0) is 32.5. The molecule has 0 radical (unpaired) electrons. The van der Waals surface area contributed by atoms with Crippen molar-refractivity contribution in [1.29, 1.82) is 21.0 Å². The monoisotopic (exact) mass is 580 g/mol. The summed E-state index contributed by atoms with van der Waals surface area (Å²) in [5, 5.41) is 39.8. The van der Waals surface area contributed by atoms with E-state index in [0.29, 0.717) is 66.8 Å². The smallest absolute Gasteiger partial charge is 0.238 e. The summed E-state index contributed by atoms with van der Waals surface area (Å²) in [5.41, 5.74) is 6.59. The van der Waals surface area contributed by atoms with Crippen LogP contribution >= 0.6 is 0 Å². The van der Waals surface area contributed by atoms with Crippen LogP contribution in [0.4, 0.5) is 11.4 Å². The van der Waals surface area contributed by atoms with Gasteiger partial charge in [-0.1, -0.05) is 36.4 Å². The van der Waals surface area contributed by atoms with Gasteiger partial charge in [-0.3, -0.25) is 0 Å². The first-order valence-electron chi connectivity index (χ1n) is 13.4. The topological polar surface area (TPSA) is 113 Å². The van der Waals surface area contributed by atoms with E-state index in [-0.39, 0.29) is 33.9 Å². The lowest BCUT2D eigenvalue weighted by Gasteiger charge is -2.18. The number of benzene rings is 4. The third-order valence-electron chi connectivity index (χ3n) is 7.80. The Bertz CT molecular complexity index is 2280. The summed E-state index contributed by atoms with van der Waals surface area (Å²) in [5.74, 6) is 0. The van der Waals surface area contributed by atoms with Gasteiger partial charge in [0.2, 0.25) is 0 Å². The second-order valence-corrected chi connectivity index (χ2v) is 10.1. The second-order valence-electron chi connectivity index (χ2n) is 10.1. The minimum Gasteiger partial charge on any atom is -0.238 e. The molecule has 6 rings (SSSR count). The zero-order valence-electron chi connectivity index (χ0n) is 23.5. The van der Waals surface area contributed by atoms with Crippen molar-refractivity contribution in [2.45, 2.75) is 0 Å². The molecule has 2 aliphatic rings. The van der Waals surface area contributed by atoms with Crippen molar-refractivity contribution >= 4 is 33.7 Å². The van der Waals surface area contributed by atoms with Crippen LogP contribution in [0, 0.1) is 71.6 Å². The lowest BCUT2D eigenvalue weighted by atomic mass is 9.85. The number of allylic oxidation sites excluding steroid dienone is 6. The van der Waals surface area contributed by atoms with Crippen LogP contribution in [0.5, 0.6) is 0 Å². The van der Waals surface area contributed by atoms with Crippen LogP contribution in [0.1, 0.15) is 33.4 Å². The molecule has 0 aliphatic heterocycles. The highest BCUT2D eigenvalue weighted by Gasteiger charge is 2.42. The van der Waals surface area contributed by atoms with Gasteiger partial charge in [0.15, 0.2) is 11.4 Å². The van der Waals surface area contributed by atoms with Crippen LogP contribution in [0.2, 0.25) is 0 Å². The van der Waals surface area contributed by atoms with Crippen molar-refractivity contribution in [3.8, 4) is 46.5 Å². The molecule has 0 unspecified atom stereocenters. The lowest BCUT2D eigenvalue weighted by Crippen LogP contribution is -1.98. The molecular formula is C38H12N8. The summed E-state index contributed by atoms with van der Waals surface area (Å²) in [6.07, 6.45) is 0. The van der Waals surface area contributed by atoms with Crippen LogP contribution < -0.4 is 0 Å². The van der Waals surface area contributed by atoms with Crippen molar-refractivity contribution in [1.82, 2.24) is 0 Å². The molecule has 8 heteroatoms. The SMILES string of the molecule is [C-]#[N+]/C(C#N)=C1C2=C(/C(=C(\C#N)[N+]#[C-])c3cccc(-c4cc(C#N)cc([N+]#[C-])c4)c32)c2c\1cccc2-c1cc(C#N)cc([N+]#[C-])c1. The van der Waals surface area contributed by atoms with Gasteiger partial charge in [-0.05, 0) is 92.1 Å². The number of nitriles is 4. The number of rotatable bonds is 2. The van der Waals surface area contributed by atoms with E-state index in [9.17, 15) is 21.0 Å². The van der Waals surface area contributed by atoms with Gasteiger partial charge in [0.25, 0.3) is 11.4 Å². The molecule has 0 aromatic heterocycles. The van der Waals surface area contributed by atoms with Crippen molar-refractivity contribution < 1.29 is 0 Å². The fourth-order valence-corrected chi connectivity index (χ4v) is 6.12. The van der Waals surface area contributed by atoms with Gasteiger partial charge in [-0.2, -0.15) is 10.5 Å². The van der Waals surface area contributed by atoms with Gasteiger partial charge in [-0.15, -0.1) is 0 Å². The Kier molecular flexibility index (Phi) is 6.74. The maximum atomic E-state index is 10.2. The average molecular weight is 581 g/mol. The third kappa shape index (κ3) is 4.08. The highest BCUT2D eigenvalue weighted by atomic mass is 14.7. The first-order chi connectivity index (χ1) is 22.5. The van der Waals surface area contributed by atoms with E-state index in [1.54, 1.807) is 60.7 Å². The largest absolute Gasteiger partial charge is 0.270 e. The summed E-state index contributed by atoms with van der Waals surface area (Å²) < 4.78 is 0. The Hall–Kier alpha value is -7.98. The standard InChI is InChI=1S/C38H12N8/c1-43-25-13-21(17-39)11-23(15-25)27-7-5-9-29-33(27)37-36(32(20-42)46-4)30-10-6-8-28(24-12-22(18-40)14-26(16-24)44-2)34(30)38(37)35(29)31(19-41)45-3/h5-16H/b35-31-,36-32+. The van der Waals surface area contributed by atoms with Crippen molar-refractivity contribution in [3.05, 3.63) is 163 Å². The van der Waals surface area contributed by atoms with Crippen LogP contribution in [-0.4, -0.2) is 0 Å². The van der Waals surface area contributed by atoms with Crippen LogP contribution in [0.15, 0.2) is 84.2 Å². The van der Waals surface area contributed by atoms with Crippen molar-refractivity contribution in [3.63, 3.8) is 0 Å². The molecule has 46 heavy (non-hydrogen) atoms. The summed E-state index contributed by atoms with van der Waals surface area (Å²) in [6, 6.07) is 28.4. The first kappa shape index (κ1) is 28.2. The van der Waals surface area contributed by atoms with E-state index in [4.69, 9.17) is 26.3 Å². The first-order valence-corrected chi connectivity index (χ1v) is 13.4. The van der Waals surface area contributed by atoms with Crippen LogP contribution in [-0.2, 0) is 0 Å². The quantitative estimate of drug-likeness (QED) is 0.174. The molecule has 2 aliphatic carbocycles. The summed E-state index contributed by atoms with van der Waals surface area (Å²) in [4.78, 5) is 14.2. The zero-order valence-corrected chi connectivity index (χ0v) is 23.5. The van der Waals surface area contributed by atoms with E-state index >= 15 is 0 Å². The molecule has 0 spiro atoms. The predicted molar refractivity (Wildman–Crippen MR) is 171 cm³/mol. The van der Waals surface area contributed by atoms with E-state index in [1.807, 2.05) is 12.1 Å². The Balaban J connectivity index is 1.84. The minimum absolute atomic E-state index is 0.202. The Labute approximate surface area is 264 Å². The van der Waals surface area contributed by atoms with Crippen LogP contribution in [0.25, 0.3) is 63.9 Å². The molecule has 8 nitrogen and oxygen atoms in total. The Morgan fingerprint density at radius 3 is 1.24 bits per heavy atom. The van der Waals surface area contributed by atoms with Crippen LogP contribution in [0.3, 0.4) is 0 Å². The highest BCUT2D eigenvalue weighted by molar-refractivity contribution is 6.39. The maximum Gasteiger partial charge on any atom is 0.270 e. The Morgan fingerprint density at radius 2 is 0.913 bits per heavy atom. The number of fused-ring (bicyclic) bond motifs is 4. The molecule has 0 bridgehead atoms. The van der Waals surface area contributed by atoms with E-state index in [1.165, 1.54) is 12.1 Å². The predicted octanol–water partition coefficient (Wildman–Crippen LogP) is 9.11. The number of hydrogen-bond acceptors (Lipinski definition) is 4. The third-order valence-corrected chi connectivity index (χ3v) is 7.80. The van der Waals surface area contributed by atoms with E-state index in [2.05, 4.69) is 31.5 Å². The molecule has 0 heterocycles. The normalized spacial score (nSPS) is 13.9. The molecular weight excluding hydrogens is 568 g/mol. The van der Waals surface area contributed by atoms with Gasteiger partial charge in [0.05, 0.1) is 50.6 Å². The summed E-state index contributed by atoms with van der Waals surface area (Å²) >= 11 is 0. The number of nitrogens with zero attached hydrogens (tertiary/aromatic N) is 8. The summed E-state index contributed by atoms with van der Waals surface area (Å²) in [7, 11) is 0. The lowest BCUT2D eigenvalue weighted by molar-refractivity contribution is 1.46. The van der Waals surface area contributed by atoms with Gasteiger partial charge < -0.3 is 0 Å². The molecule has 4 aromatic carbocycles. The summed E-state index contributed by atoms with van der Waals surface area (Å²) in [6.45, 7) is 31.0. The highest BCUT2D eigenvalue weighted by Crippen LogP contribution is 2.62. The Morgan fingerprint density at radius 1 is 0.522 bits per heavy atom.